The van der Waals surface area contributed by atoms with Crippen LogP contribution in [0.25, 0.3) is 0 Å². The van der Waals surface area contributed by atoms with Crippen LogP contribution in [0, 0.1) is 0 Å². The zero-order valence-electron chi connectivity index (χ0n) is 14.9. The molecule has 132 valence electrons. The molecule has 0 N–H and O–H groups in total. The molecule has 3 nitrogen and oxygen atoms in total. The van der Waals surface area contributed by atoms with Gasteiger partial charge in [-0.15, -0.1) is 0 Å². The number of hydrogen-bond donors (Lipinski definition) is 0. The second-order valence-electron chi connectivity index (χ2n) is 7.94. The molecule has 4 rings (SSSR count). The van der Waals surface area contributed by atoms with E-state index in [4.69, 9.17) is 21.1 Å². The SMILES string of the molecule is COC12CCC(c3ccc(COC(C)(C)C(=O)Cl)cc3)(CC1)CC2. The maximum atomic E-state index is 11.3. The van der Waals surface area contributed by atoms with Crippen molar-refractivity contribution in [3.05, 3.63) is 35.4 Å². The lowest BCUT2D eigenvalue weighted by Crippen LogP contribution is -2.49. The lowest BCUT2D eigenvalue weighted by Gasteiger charge is -2.53. The molecule has 0 radical (unpaired) electrons. The standard InChI is InChI=1S/C20H27ClO3/c1-18(2,17(21)22)24-14-15-4-6-16(7-5-15)19-8-11-20(23-3,12-9-19)13-10-19/h4-7H,8-14H2,1-3H3. The Kier molecular flexibility index (Phi) is 4.80. The summed E-state index contributed by atoms with van der Waals surface area (Å²) in [4.78, 5) is 11.3. The number of methoxy groups -OCH3 is 1. The number of ether oxygens (including phenoxy) is 2. The highest BCUT2D eigenvalue weighted by atomic mass is 35.5. The van der Waals surface area contributed by atoms with Crippen LogP contribution in [0.2, 0.25) is 0 Å². The number of halogens is 1. The molecule has 3 aliphatic carbocycles. The molecule has 3 saturated carbocycles. The lowest BCUT2D eigenvalue weighted by molar-refractivity contribution is -0.133. The van der Waals surface area contributed by atoms with Gasteiger partial charge in [-0.2, -0.15) is 0 Å². The molecule has 0 aliphatic heterocycles. The van der Waals surface area contributed by atoms with E-state index in [2.05, 4.69) is 24.3 Å². The normalized spacial score (nSPS) is 29.7. The van der Waals surface area contributed by atoms with Crippen molar-refractivity contribution in [1.29, 1.82) is 0 Å². The van der Waals surface area contributed by atoms with E-state index in [1.54, 1.807) is 13.8 Å². The fraction of sp³-hybridized carbons (Fsp3) is 0.650. The number of benzene rings is 1. The van der Waals surface area contributed by atoms with Crippen molar-refractivity contribution in [3.8, 4) is 0 Å². The topological polar surface area (TPSA) is 35.5 Å². The summed E-state index contributed by atoms with van der Waals surface area (Å²) in [6, 6.07) is 8.70. The van der Waals surface area contributed by atoms with E-state index >= 15 is 0 Å². The maximum Gasteiger partial charge on any atom is 0.253 e. The van der Waals surface area contributed by atoms with Gasteiger partial charge in [-0.25, -0.2) is 0 Å². The van der Waals surface area contributed by atoms with Crippen LogP contribution in [-0.4, -0.2) is 23.6 Å². The predicted molar refractivity (Wildman–Crippen MR) is 95.3 cm³/mol. The Morgan fingerprint density at radius 3 is 2.08 bits per heavy atom. The van der Waals surface area contributed by atoms with Gasteiger partial charge in [0.15, 0.2) is 0 Å². The van der Waals surface area contributed by atoms with Crippen LogP contribution in [0.3, 0.4) is 0 Å². The smallest absolute Gasteiger partial charge is 0.253 e. The quantitative estimate of drug-likeness (QED) is 0.695. The number of carbonyl (C=O) groups is 1. The molecule has 3 aliphatic rings. The van der Waals surface area contributed by atoms with Crippen LogP contribution >= 0.6 is 11.6 Å². The fourth-order valence-electron chi connectivity index (χ4n) is 4.17. The first kappa shape index (κ1) is 17.9. The highest BCUT2D eigenvalue weighted by molar-refractivity contribution is 6.65. The molecule has 4 heteroatoms. The van der Waals surface area contributed by atoms with Crippen molar-refractivity contribution in [1.82, 2.24) is 0 Å². The van der Waals surface area contributed by atoms with Crippen molar-refractivity contribution < 1.29 is 14.3 Å². The van der Waals surface area contributed by atoms with E-state index in [1.807, 2.05) is 7.11 Å². The zero-order valence-corrected chi connectivity index (χ0v) is 15.6. The van der Waals surface area contributed by atoms with Crippen LogP contribution in [0.1, 0.15) is 63.5 Å². The van der Waals surface area contributed by atoms with Gasteiger partial charge in [0.2, 0.25) is 0 Å². The second kappa shape index (κ2) is 6.44. The number of rotatable bonds is 6. The molecule has 2 bridgehead atoms. The Balaban J connectivity index is 1.66. The van der Waals surface area contributed by atoms with Crippen molar-refractivity contribution in [2.75, 3.05) is 7.11 Å². The lowest BCUT2D eigenvalue weighted by atomic mass is 9.56. The minimum absolute atomic E-state index is 0.148. The van der Waals surface area contributed by atoms with E-state index in [1.165, 1.54) is 44.1 Å². The van der Waals surface area contributed by atoms with Gasteiger partial charge >= 0.3 is 0 Å². The van der Waals surface area contributed by atoms with Crippen LogP contribution in [0.5, 0.6) is 0 Å². The summed E-state index contributed by atoms with van der Waals surface area (Å²) >= 11 is 5.55. The van der Waals surface area contributed by atoms with Crippen molar-refractivity contribution >= 4 is 16.8 Å². The van der Waals surface area contributed by atoms with E-state index in [-0.39, 0.29) is 5.60 Å². The van der Waals surface area contributed by atoms with Crippen molar-refractivity contribution in [2.45, 2.75) is 75.6 Å². The molecule has 0 spiro atoms. The van der Waals surface area contributed by atoms with Gasteiger partial charge in [0.05, 0.1) is 12.2 Å². The molecule has 0 atom stereocenters. The van der Waals surface area contributed by atoms with Crippen LogP contribution < -0.4 is 0 Å². The van der Waals surface area contributed by atoms with Crippen LogP contribution in [0.4, 0.5) is 0 Å². The first-order chi connectivity index (χ1) is 11.3. The summed E-state index contributed by atoms with van der Waals surface area (Å²) in [5.41, 5.74) is 2.03. The molecule has 0 amide bonds. The highest BCUT2D eigenvalue weighted by Gasteiger charge is 2.49. The monoisotopic (exact) mass is 350 g/mol. The summed E-state index contributed by atoms with van der Waals surface area (Å²) in [7, 11) is 1.86. The molecule has 0 heterocycles. The summed E-state index contributed by atoms with van der Waals surface area (Å²) in [6.07, 6.45) is 7.14. The largest absolute Gasteiger partial charge is 0.378 e. The molecule has 0 unspecified atom stereocenters. The Labute approximate surface area is 149 Å². The second-order valence-corrected chi connectivity index (χ2v) is 8.28. The van der Waals surface area contributed by atoms with Crippen molar-refractivity contribution in [2.24, 2.45) is 0 Å². The van der Waals surface area contributed by atoms with Gasteiger partial charge in [0.1, 0.15) is 5.60 Å². The molecule has 0 aromatic heterocycles. The first-order valence-corrected chi connectivity index (χ1v) is 9.17. The zero-order chi connectivity index (χ0) is 17.4. The Bertz CT molecular complexity index is 581. The predicted octanol–water partition coefficient (Wildman–Crippen LogP) is 4.74. The Morgan fingerprint density at radius 2 is 1.62 bits per heavy atom. The average Bonchev–Trinajstić information content (AvgIpc) is 2.62. The molecular weight excluding hydrogens is 324 g/mol. The molecule has 1 aromatic rings. The van der Waals surface area contributed by atoms with Crippen LogP contribution in [0.15, 0.2) is 24.3 Å². The fourth-order valence-corrected chi connectivity index (χ4v) is 4.22. The average molecular weight is 351 g/mol. The van der Waals surface area contributed by atoms with E-state index < -0.39 is 10.8 Å². The number of hydrogen-bond acceptors (Lipinski definition) is 3. The number of fused-ring (bicyclic) bond motifs is 3. The number of carbonyl (C=O) groups excluding carboxylic acids is 1. The molecular formula is C20H27ClO3. The molecule has 3 fully saturated rings. The minimum atomic E-state index is -0.949. The summed E-state index contributed by atoms with van der Waals surface area (Å²) in [6.45, 7) is 3.79. The Hall–Kier alpha value is -0.900. The molecule has 0 saturated heterocycles. The summed E-state index contributed by atoms with van der Waals surface area (Å²) in [5.74, 6) is 0. The summed E-state index contributed by atoms with van der Waals surface area (Å²) < 4.78 is 11.4. The van der Waals surface area contributed by atoms with E-state index in [9.17, 15) is 4.79 Å². The van der Waals surface area contributed by atoms with Crippen LogP contribution in [-0.2, 0) is 26.3 Å². The third kappa shape index (κ3) is 3.26. The maximum absolute atomic E-state index is 11.3. The van der Waals surface area contributed by atoms with Gasteiger partial charge in [-0.1, -0.05) is 24.3 Å². The van der Waals surface area contributed by atoms with Gasteiger partial charge in [0.25, 0.3) is 5.24 Å². The van der Waals surface area contributed by atoms with Gasteiger partial charge in [-0.05, 0) is 80.5 Å². The molecule has 24 heavy (non-hydrogen) atoms. The molecule has 1 aromatic carbocycles. The van der Waals surface area contributed by atoms with Gasteiger partial charge in [0, 0.05) is 7.11 Å². The van der Waals surface area contributed by atoms with Crippen molar-refractivity contribution in [3.63, 3.8) is 0 Å². The van der Waals surface area contributed by atoms with E-state index in [0.717, 1.165) is 5.56 Å². The van der Waals surface area contributed by atoms with Gasteiger partial charge in [-0.3, -0.25) is 4.79 Å². The third-order valence-electron chi connectivity index (χ3n) is 6.25. The first-order valence-electron chi connectivity index (χ1n) is 8.79. The third-order valence-corrected chi connectivity index (χ3v) is 6.70. The van der Waals surface area contributed by atoms with Gasteiger partial charge < -0.3 is 9.47 Å². The minimum Gasteiger partial charge on any atom is -0.378 e. The Morgan fingerprint density at radius 1 is 1.08 bits per heavy atom. The summed E-state index contributed by atoms with van der Waals surface area (Å²) in [5, 5.41) is -0.468. The van der Waals surface area contributed by atoms with E-state index in [0.29, 0.717) is 12.0 Å². The highest BCUT2D eigenvalue weighted by Crippen LogP contribution is 2.54.